The van der Waals surface area contributed by atoms with Gasteiger partial charge in [0, 0.05) is 18.0 Å². The van der Waals surface area contributed by atoms with Crippen LogP contribution in [0.1, 0.15) is 36.9 Å². The van der Waals surface area contributed by atoms with Gasteiger partial charge in [-0.05, 0) is 38.6 Å². The van der Waals surface area contributed by atoms with Crippen molar-refractivity contribution in [2.24, 2.45) is 5.92 Å². The molecular weight excluding hydrogens is 226 g/mol. The second-order valence-electron chi connectivity index (χ2n) is 5.33. The SMILES string of the molecule is c1nc2c(c(OCC3CCNC3)n1)CCCCC2. The van der Waals surface area contributed by atoms with Crippen molar-refractivity contribution < 1.29 is 4.74 Å². The Bertz CT molecular complexity index is 402. The lowest BCUT2D eigenvalue weighted by Gasteiger charge is -2.14. The van der Waals surface area contributed by atoms with E-state index in [1.165, 1.54) is 36.9 Å². The average Bonchev–Trinajstić information content (AvgIpc) is 2.79. The van der Waals surface area contributed by atoms with Gasteiger partial charge in [-0.25, -0.2) is 9.97 Å². The van der Waals surface area contributed by atoms with Crippen LogP contribution in [0.15, 0.2) is 6.33 Å². The number of rotatable bonds is 3. The molecule has 2 aliphatic rings. The van der Waals surface area contributed by atoms with Gasteiger partial charge in [0.05, 0.1) is 12.3 Å². The third-order valence-electron chi connectivity index (χ3n) is 3.95. The maximum absolute atomic E-state index is 5.95. The second kappa shape index (κ2) is 5.65. The zero-order valence-electron chi connectivity index (χ0n) is 10.8. The Kier molecular flexibility index (Phi) is 3.74. The standard InChI is InChI=1S/C14H21N3O/c1-2-4-12-13(5-3-1)16-10-17-14(12)18-9-11-6-7-15-8-11/h10-11,15H,1-9H2. The third-order valence-corrected chi connectivity index (χ3v) is 3.95. The summed E-state index contributed by atoms with van der Waals surface area (Å²) in [6.07, 6.45) is 8.81. The van der Waals surface area contributed by atoms with E-state index in [2.05, 4.69) is 15.3 Å². The normalized spacial score (nSPS) is 23.4. The maximum atomic E-state index is 5.95. The molecule has 4 heteroatoms. The molecule has 1 aromatic heterocycles. The summed E-state index contributed by atoms with van der Waals surface area (Å²) in [5, 5.41) is 3.37. The van der Waals surface area contributed by atoms with Crippen LogP contribution in [0.2, 0.25) is 0 Å². The summed E-state index contributed by atoms with van der Waals surface area (Å²) in [6, 6.07) is 0. The molecular formula is C14H21N3O. The first-order chi connectivity index (χ1) is 8.93. The van der Waals surface area contributed by atoms with Gasteiger partial charge in [-0.2, -0.15) is 0 Å². The Balaban J connectivity index is 1.70. The zero-order chi connectivity index (χ0) is 12.2. The fraction of sp³-hybridized carbons (Fsp3) is 0.714. The van der Waals surface area contributed by atoms with Crippen LogP contribution in [0.4, 0.5) is 0 Å². The molecule has 1 N–H and O–H groups in total. The molecule has 2 heterocycles. The highest BCUT2D eigenvalue weighted by atomic mass is 16.5. The molecule has 1 aromatic rings. The van der Waals surface area contributed by atoms with E-state index in [0.717, 1.165) is 38.4 Å². The first kappa shape index (κ1) is 11.9. The highest BCUT2D eigenvalue weighted by Crippen LogP contribution is 2.25. The minimum Gasteiger partial charge on any atom is -0.477 e. The van der Waals surface area contributed by atoms with Crippen molar-refractivity contribution in [3.63, 3.8) is 0 Å². The summed E-state index contributed by atoms with van der Waals surface area (Å²) in [5.74, 6) is 1.48. The first-order valence-corrected chi connectivity index (χ1v) is 7.10. The predicted octanol–water partition coefficient (Wildman–Crippen LogP) is 1.73. The second-order valence-corrected chi connectivity index (χ2v) is 5.33. The van der Waals surface area contributed by atoms with Gasteiger partial charge >= 0.3 is 0 Å². The topological polar surface area (TPSA) is 47.0 Å². The summed E-state index contributed by atoms with van der Waals surface area (Å²) >= 11 is 0. The smallest absolute Gasteiger partial charge is 0.219 e. The van der Waals surface area contributed by atoms with Gasteiger partial charge in [0.2, 0.25) is 5.88 Å². The Morgan fingerprint density at radius 3 is 3.06 bits per heavy atom. The molecule has 1 fully saturated rings. The van der Waals surface area contributed by atoms with Crippen LogP contribution < -0.4 is 10.1 Å². The average molecular weight is 247 g/mol. The molecule has 3 rings (SSSR count). The molecule has 0 radical (unpaired) electrons. The van der Waals surface area contributed by atoms with E-state index in [-0.39, 0.29) is 0 Å². The summed E-state index contributed by atoms with van der Waals surface area (Å²) in [4.78, 5) is 8.76. The number of nitrogens with zero attached hydrogens (tertiary/aromatic N) is 2. The summed E-state index contributed by atoms with van der Waals surface area (Å²) in [5.41, 5.74) is 2.48. The number of aryl methyl sites for hydroxylation is 1. The molecule has 0 amide bonds. The van der Waals surface area contributed by atoms with Crippen LogP contribution in [0.3, 0.4) is 0 Å². The van der Waals surface area contributed by atoms with Gasteiger partial charge in [-0.1, -0.05) is 6.42 Å². The lowest BCUT2D eigenvalue weighted by Crippen LogP contribution is -2.17. The molecule has 1 saturated heterocycles. The van der Waals surface area contributed by atoms with Crippen molar-refractivity contribution >= 4 is 0 Å². The van der Waals surface area contributed by atoms with Gasteiger partial charge in [-0.15, -0.1) is 0 Å². The molecule has 1 aliphatic carbocycles. The van der Waals surface area contributed by atoms with E-state index >= 15 is 0 Å². The fourth-order valence-electron chi connectivity index (χ4n) is 2.85. The number of fused-ring (bicyclic) bond motifs is 1. The Hall–Kier alpha value is -1.16. The number of nitrogens with one attached hydrogen (secondary N) is 1. The predicted molar refractivity (Wildman–Crippen MR) is 69.8 cm³/mol. The third kappa shape index (κ3) is 2.64. The van der Waals surface area contributed by atoms with E-state index in [1.54, 1.807) is 6.33 Å². The molecule has 18 heavy (non-hydrogen) atoms. The van der Waals surface area contributed by atoms with Gasteiger partial charge in [-0.3, -0.25) is 0 Å². The van der Waals surface area contributed by atoms with E-state index in [4.69, 9.17) is 4.74 Å². The summed E-state index contributed by atoms with van der Waals surface area (Å²) in [7, 11) is 0. The van der Waals surface area contributed by atoms with Gasteiger partial charge < -0.3 is 10.1 Å². The highest BCUT2D eigenvalue weighted by molar-refractivity contribution is 5.30. The molecule has 1 atom stereocenters. The molecule has 1 unspecified atom stereocenters. The van der Waals surface area contributed by atoms with E-state index in [1.807, 2.05) is 0 Å². The molecule has 0 aromatic carbocycles. The largest absolute Gasteiger partial charge is 0.477 e. The lowest BCUT2D eigenvalue weighted by atomic mass is 10.1. The molecule has 0 saturated carbocycles. The van der Waals surface area contributed by atoms with Gasteiger partial charge in [0.1, 0.15) is 6.33 Å². The van der Waals surface area contributed by atoms with Gasteiger partial charge in [0.15, 0.2) is 0 Å². The van der Waals surface area contributed by atoms with E-state index in [9.17, 15) is 0 Å². The Morgan fingerprint density at radius 1 is 1.22 bits per heavy atom. The van der Waals surface area contributed by atoms with Crippen LogP contribution in [0.5, 0.6) is 5.88 Å². The van der Waals surface area contributed by atoms with Crippen LogP contribution in [0, 0.1) is 5.92 Å². The number of hydrogen-bond acceptors (Lipinski definition) is 4. The van der Waals surface area contributed by atoms with Crippen molar-refractivity contribution in [1.82, 2.24) is 15.3 Å². The minimum absolute atomic E-state index is 0.640. The number of aromatic nitrogens is 2. The fourth-order valence-corrected chi connectivity index (χ4v) is 2.85. The highest BCUT2D eigenvalue weighted by Gasteiger charge is 2.18. The van der Waals surface area contributed by atoms with Crippen molar-refractivity contribution in [2.45, 2.75) is 38.5 Å². The molecule has 1 aliphatic heterocycles. The van der Waals surface area contributed by atoms with Crippen molar-refractivity contribution in [1.29, 1.82) is 0 Å². The maximum Gasteiger partial charge on any atom is 0.219 e. The van der Waals surface area contributed by atoms with E-state index in [0.29, 0.717) is 5.92 Å². The quantitative estimate of drug-likeness (QED) is 0.826. The number of hydrogen-bond donors (Lipinski definition) is 1. The van der Waals surface area contributed by atoms with Crippen LogP contribution in [-0.4, -0.2) is 29.7 Å². The van der Waals surface area contributed by atoms with Crippen LogP contribution in [-0.2, 0) is 12.8 Å². The number of ether oxygens (including phenoxy) is 1. The van der Waals surface area contributed by atoms with Crippen LogP contribution in [0.25, 0.3) is 0 Å². The van der Waals surface area contributed by atoms with Crippen molar-refractivity contribution in [3.05, 3.63) is 17.6 Å². The van der Waals surface area contributed by atoms with Crippen molar-refractivity contribution in [3.8, 4) is 5.88 Å². The molecule has 0 spiro atoms. The van der Waals surface area contributed by atoms with Crippen molar-refractivity contribution in [2.75, 3.05) is 19.7 Å². The first-order valence-electron chi connectivity index (χ1n) is 7.10. The zero-order valence-corrected chi connectivity index (χ0v) is 10.8. The van der Waals surface area contributed by atoms with Crippen LogP contribution >= 0.6 is 0 Å². The lowest BCUT2D eigenvalue weighted by molar-refractivity contribution is 0.247. The Labute approximate surface area is 108 Å². The molecule has 0 bridgehead atoms. The Morgan fingerprint density at radius 2 is 2.17 bits per heavy atom. The molecule has 4 nitrogen and oxygen atoms in total. The summed E-state index contributed by atoms with van der Waals surface area (Å²) in [6.45, 7) is 2.99. The summed E-state index contributed by atoms with van der Waals surface area (Å²) < 4.78 is 5.95. The minimum atomic E-state index is 0.640. The van der Waals surface area contributed by atoms with E-state index < -0.39 is 0 Å². The molecule has 98 valence electrons. The van der Waals surface area contributed by atoms with Gasteiger partial charge in [0.25, 0.3) is 0 Å². The monoisotopic (exact) mass is 247 g/mol.